The SMILES string of the molecule is CC(=O)CC[C@H]1CN(c2cc(F)c(N3CCON(C(=O)N4CCN(C)CC4)CC3)c(F)c2)C(=O)O1. The summed E-state index contributed by atoms with van der Waals surface area (Å²) >= 11 is 0. The number of urea groups is 1. The van der Waals surface area contributed by atoms with Crippen molar-refractivity contribution in [3.05, 3.63) is 23.8 Å². The second-order valence-electron chi connectivity index (χ2n) is 9.11. The molecule has 0 bridgehead atoms. The highest BCUT2D eigenvalue weighted by atomic mass is 19.1. The molecule has 3 aliphatic rings. The molecule has 0 aliphatic carbocycles. The molecular weight excluding hydrogens is 464 g/mol. The maximum absolute atomic E-state index is 15.1. The number of benzene rings is 1. The monoisotopic (exact) mass is 495 g/mol. The van der Waals surface area contributed by atoms with Crippen LogP contribution in [0.3, 0.4) is 0 Å². The third-order valence-corrected chi connectivity index (χ3v) is 6.49. The van der Waals surface area contributed by atoms with Crippen molar-refractivity contribution in [1.82, 2.24) is 14.9 Å². The number of rotatable bonds is 5. The highest BCUT2D eigenvalue weighted by Crippen LogP contribution is 2.32. The van der Waals surface area contributed by atoms with E-state index in [0.29, 0.717) is 19.5 Å². The molecule has 0 spiro atoms. The van der Waals surface area contributed by atoms with E-state index in [9.17, 15) is 14.4 Å². The number of carbonyl (C=O) groups excluding carboxylic acids is 3. The summed E-state index contributed by atoms with van der Waals surface area (Å²) in [6.07, 6.45) is -0.591. The molecule has 0 N–H and O–H groups in total. The standard InChI is InChI=1S/C23H31F2N5O5/c1-16(31)3-4-18-15-29(23(33)35-18)17-13-19(24)21(20(25)14-17)27-9-10-30(34-12-11-27)22(32)28-7-5-26(2)6-8-28/h13-14,18H,3-12,15H2,1-2H3/t18-/m0/s1. The largest absolute Gasteiger partial charge is 0.444 e. The number of carbonyl (C=O) groups is 3. The predicted molar refractivity (Wildman–Crippen MR) is 123 cm³/mol. The molecule has 3 aliphatic heterocycles. The molecule has 10 nitrogen and oxygen atoms in total. The molecule has 0 aromatic heterocycles. The smallest absolute Gasteiger partial charge is 0.414 e. The van der Waals surface area contributed by atoms with Crippen LogP contribution in [0.25, 0.3) is 0 Å². The van der Waals surface area contributed by atoms with E-state index in [-0.39, 0.29) is 62.4 Å². The van der Waals surface area contributed by atoms with Crippen molar-refractivity contribution < 1.29 is 32.7 Å². The Hall–Kier alpha value is -2.99. The van der Waals surface area contributed by atoms with Crippen LogP contribution in [-0.2, 0) is 14.4 Å². The van der Waals surface area contributed by atoms with E-state index >= 15 is 8.78 Å². The van der Waals surface area contributed by atoms with Gasteiger partial charge in [-0.15, -0.1) is 0 Å². The van der Waals surface area contributed by atoms with E-state index in [1.54, 1.807) is 4.90 Å². The van der Waals surface area contributed by atoms with E-state index in [1.165, 1.54) is 21.8 Å². The van der Waals surface area contributed by atoms with Crippen LogP contribution < -0.4 is 9.80 Å². The van der Waals surface area contributed by atoms with Gasteiger partial charge in [0.15, 0.2) is 11.6 Å². The Labute approximate surface area is 202 Å². The van der Waals surface area contributed by atoms with Crippen LogP contribution in [0.5, 0.6) is 0 Å². The third-order valence-electron chi connectivity index (χ3n) is 6.49. The van der Waals surface area contributed by atoms with Crippen LogP contribution in [0.15, 0.2) is 12.1 Å². The number of ketones is 1. The number of amides is 3. The first kappa shape index (κ1) is 25.1. The van der Waals surface area contributed by atoms with Crippen molar-refractivity contribution in [2.75, 3.05) is 75.8 Å². The van der Waals surface area contributed by atoms with Crippen LogP contribution in [0.1, 0.15) is 19.8 Å². The van der Waals surface area contributed by atoms with Gasteiger partial charge in [-0.05, 0) is 20.4 Å². The minimum atomic E-state index is -0.821. The summed E-state index contributed by atoms with van der Waals surface area (Å²) in [5.74, 6) is -1.66. The van der Waals surface area contributed by atoms with Gasteiger partial charge in [0.1, 0.15) is 17.6 Å². The number of ether oxygens (including phenoxy) is 1. The number of hydrogen-bond acceptors (Lipinski definition) is 7. The summed E-state index contributed by atoms with van der Waals surface area (Å²) in [4.78, 5) is 48.3. The van der Waals surface area contributed by atoms with Crippen molar-refractivity contribution >= 4 is 29.3 Å². The summed E-state index contributed by atoms with van der Waals surface area (Å²) in [5.41, 5.74) is -0.177. The number of hydrogen-bond donors (Lipinski definition) is 0. The Morgan fingerprint density at radius 3 is 2.37 bits per heavy atom. The number of halogens is 2. The molecule has 0 saturated carbocycles. The van der Waals surface area contributed by atoms with Crippen molar-refractivity contribution in [3.63, 3.8) is 0 Å². The van der Waals surface area contributed by atoms with E-state index in [2.05, 4.69) is 4.90 Å². The fourth-order valence-electron chi connectivity index (χ4n) is 4.44. The van der Waals surface area contributed by atoms with Gasteiger partial charge < -0.3 is 24.2 Å². The first-order valence-electron chi connectivity index (χ1n) is 11.8. The molecule has 3 heterocycles. The van der Waals surface area contributed by atoms with Gasteiger partial charge in [-0.1, -0.05) is 0 Å². The quantitative estimate of drug-likeness (QED) is 0.618. The molecular formula is C23H31F2N5O5. The van der Waals surface area contributed by atoms with Gasteiger partial charge in [-0.3, -0.25) is 9.74 Å². The Balaban J connectivity index is 1.41. The Morgan fingerprint density at radius 1 is 1.03 bits per heavy atom. The highest BCUT2D eigenvalue weighted by Gasteiger charge is 2.34. The summed E-state index contributed by atoms with van der Waals surface area (Å²) in [6, 6.07) is 1.96. The number of anilines is 2. The maximum atomic E-state index is 15.1. The lowest BCUT2D eigenvalue weighted by atomic mass is 10.1. The Kier molecular flexibility index (Phi) is 7.70. The average Bonchev–Trinajstić information content (AvgIpc) is 3.02. The van der Waals surface area contributed by atoms with Crippen LogP contribution in [-0.4, -0.2) is 105 Å². The number of likely N-dealkylation sites (N-methyl/N-ethyl adjacent to an activating group) is 1. The minimum Gasteiger partial charge on any atom is -0.444 e. The molecule has 3 saturated heterocycles. The first-order chi connectivity index (χ1) is 16.7. The second-order valence-corrected chi connectivity index (χ2v) is 9.11. The van der Waals surface area contributed by atoms with Crippen LogP contribution in [0.2, 0.25) is 0 Å². The van der Waals surface area contributed by atoms with Gasteiger partial charge in [0, 0.05) is 57.8 Å². The zero-order chi connectivity index (χ0) is 25.1. The fraction of sp³-hybridized carbons (Fsp3) is 0.609. The molecule has 3 fully saturated rings. The number of hydroxylamine groups is 2. The van der Waals surface area contributed by atoms with Crippen molar-refractivity contribution in [2.45, 2.75) is 25.9 Å². The second kappa shape index (κ2) is 10.7. The molecule has 1 aromatic rings. The van der Waals surface area contributed by atoms with Gasteiger partial charge in [-0.25, -0.2) is 23.4 Å². The van der Waals surface area contributed by atoms with E-state index in [0.717, 1.165) is 25.2 Å². The van der Waals surface area contributed by atoms with Gasteiger partial charge in [0.25, 0.3) is 0 Å². The first-order valence-corrected chi connectivity index (χ1v) is 11.8. The van der Waals surface area contributed by atoms with Crippen molar-refractivity contribution in [1.29, 1.82) is 0 Å². The Morgan fingerprint density at radius 2 is 1.71 bits per heavy atom. The molecule has 1 aromatic carbocycles. The summed E-state index contributed by atoms with van der Waals surface area (Å²) in [7, 11) is 2.00. The highest BCUT2D eigenvalue weighted by molar-refractivity contribution is 5.90. The lowest BCUT2D eigenvalue weighted by Crippen LogP contribution is -2.52. The molecule has 4 rings (SSSR count). The molecule has 12 heteroatoms. The molecule has 192 valence electrons. The van der Waals surface area contributed by atoms with Gasteiger partial charge in [0.2, 0.25) is 0 Å². The maximum Gasteiger partial charge on any atom is 0.414 e. The van der Waals surface area contributed by atoms with E-state index in [1.807, 2.05) is 7.05 Å². The molecule has 1 atom stereocenters. The fourth-order valence-corrected chi connectivity index (χ4v) is 4.44. The topological polar surface area (TPSA) is 85.9 Å². The van der Waals surface area contributed by atoms with E-state index < -0.39 is 23.8 Å². The lowest BCUT2D eigenvalue weighted by Gasteiger charge is -2.35. The van der Waals surface area contributed by atoms with Crippen molar-refractivity contribution in [3.8, 4) is 0 Å². The van der Waals surface area contributed by atoms with Crippen LogP contribution >= 0.6 is 0 Å². The number of Topliss-reactive ketones (excluding diaryl/α,β-unsaturated/α-hetero) is 1. The summed E-state index contributed by atoms with van der Waals surface area (Å²) in [5, 5.41) is 1.26. The zero-order valence-electron chi connectivity index (χ0n) is 20.0. The molecule has 3 amide bonds. The van der Waals surface area contributed by atoms with Gasteiger partial charge >= 0.3 is 12.1 Å². The van der Waals surface area contributed by atoms with Gasteiger partial charge in [0.05, 0.1) is 25.4 Å². The molecule has 0 unspecified atom stereocenters. The Bertz CT molecular complexity index is 949. The number of cyclic esters (lactones) is 1. The average molecular weight is 496 g/mol. The number of nitrogens with zero attached hydrogens (tertiary/aromatic N) is 5. The molecule has 35 heavy (non-hydrogen) atoms. The van der Waals surface area contributed by atoms with E-state index in [4.69, 9.17) is 9.57 Å². The summed E-state index contributed by atoms with van der Waals surface area (Å²) in [6.45, 7) is 4.94. The predicted octanol–water partition coefficient (Wildman–Crippen LogP) is 2.08. The zero-order valence-corrected chi connectivity index (χ0v) is 20.0. The van der Waals surface area contributed by atoms with Crippen molar-refractivity contribution in [2.24, 2.45) is 0 Å². The summed E-state index contributed by atoms with van der Waals surface area (Å²) < 4.78 is 35.4. The lowest BCUT2D eigenvalue weighted by molar-refractivity contribution is -0.117. The van der Waals surface area contributed by atoms with Crippen LogP contribution in [0.4, 0.5) is 29.7 Å². The van der Waals surface area contributed by atoms with Crippen LogP contribution in [0, 0.1) is 11.6 Å². The third kappa shape index (κ3) is 5.81. The molecule has 0 radical (unpaired) electrons. The van der Waals surface area contributed by atoms with Gasteiger partial charge in [-0.2, -0.15) is 0 Å². The number of piperazine rings is 1. The normalized spacial score (nSPS) is 21.8. The minimum absolute atomic E-state index is 0.0221.